The van der Waals surface area contributed by atoms with Crippen molar-refractivity contribution in [2.24, 2.45) is 0 Å². The van der Waals surface area contributed by atoms with E-state index in [0.717, 1.165) is 11.4 Å². The highest BCUT2D eigenvalue weighted by atomic mass is 14.8. The summed E-state index contributed by atoms with van der Waals surface area (Å²) in [6.45, 7) is 7.66. The molecule has 0 amide bonds. The van der Waals surface area contributed by atoms with E-state index in [4.69, 9.17) is 6.57 Å². The van der Waals surface area contributed by atoms with Gasteiger partial charge in [-0.3, -0.25) is 0 Å². The molecular weight excluding hydrogens is 292 g/mol. The minimum atomic E-state index is 0.162. The van der Waals surface area contributed by atoms with Crippen LogP contribution in [0.25, 0.3) is 4.85 Å². The molecule has 114 valence electrons. The Kier molecular flexibility index (Phi) is 2.64. The topological polar surface area (TPSA) is 16.4 Å². The maximum Gasteiger partial charge on any atom is 0.191 e. The van der Waals surface area contributed by atoms with Gasteiger partial charge in [-0.25, -0.2) is 4.85 Å². The van der Waals surface area contributed by atoms with Crippen molar-refractivity contribution in [1.29, 1.82) is 0 Å². The Morgan fingerprint density at radius 1 is 0.750 bits per heavy atom. The van der Waals surface area contributed by atoms with Crippen molar-refractivity contribution in [3.63, 3.8) is 0 Å². The molecule has 1 N–H and O–H groups in total. The van der Waals surface area contributed by atoms with Crippen LogP contribution < -0.4 is 5.32 Å². The second kappa shape index (κ2) is 4.72. The molecule has 3 aromatic rings. The van der Waals surface area contributed by atoms with Crippen LogP contribution in [0.3, 0.4) is 0 Å². The Hall–Kier alpha value is -3.05. The highest BCUT2D eigenvalue weighted by Crippen LogP contribution is 2.59. The van der Waals surface area contributed by atoms with Gasteiger partial charge in [-0.1, -0.05) is 54.6 Å². The molecule has 0 fully saturated rings. The third-order valence-electron chi connectivity index (χ3n) is 5.47. The van der Waals surface area contributed by atoms with Crippen LogP contribution in [-0.2, 0) is 0 Å². The summed E-state index contributed by atoms with van der Waals surface area (Å²) in [4.78, 5) is 3.85. The van der Waals surface area contributed by atoms with Crippen LogP contribution in [0.4, 0.5) is 11.4 Å². The molecule has 0 saturated heterocycles. The van der Waals surface area contributed by atoms with Gasteiger partial charge in [0.1, 0.15) is 0 Å². The first kappa shape index (κ1) is 13.4. The van der Waals surface area contributed by atoms with Crippen molar-refractivity contribution in [3.05, 3.63) is 105 Å². The van der Waals surface area contributed by atoms with Crippen LogP contribution in [0.1, 0.15) is 45.2 Å². The molecule has 3 aromatic carbocycles. The fourth-order valence-corrected chi connectivity index (χ4v) is 4.59. The molecule has 2 bridgehead atoms. The molecule has 0 unspecified atom stereocenters. The van der Waals surface area contributed by atoms with Gasteiger partial charge in [0, 0.05) is 24.6 Å². The first-order chi connectivity index (χ1) is 11.8. The smallest absolute Gasteiger partial charge is 0.191 e. The third kappa shape index (κ3) is 1.49. The zero-order valence-electron chi connectivity index (χ0n) is 13.4. The van der Waals surface area contributed by atoms with E-state index in [1.165, 1.54) is 33.4 Å². The van der Waals surface area contributed by atoms with Crippen molar-refractivity contribution < 1.29 is 0 Å². The van der Waals surface area contributed by atoms with E-state index in [0.29, 0.717) is 0 Å². The molecule has 3 aliphatic rings. The molecule has 0 radical (unpaired) electrons. The monoisotopic (exact) mass is 308 g/mol. The van der Waals surface area contributed by atoms with Crippen LogP contribution >= 0.6 is 0 Å². The summed E-state index contributed by atoms with van der Waals surface area (Å²) >= 11 is 0. The van der Waals surface area contributed by atoms with Crippen LogP contribution in [0.15, 0.2) is 60.7 Å². The Morgan fingerprint density at radius 2 is 1.25 bits per heavy atom. The number of nitrogens with zero attached hydrogens (tertiary/aromatic N) is 1. The lowest BCUT2D eigenvalue weighted by Crippen LogP contribution is -2.28. The summed E-state index contributed by atoms with van der Waals surface area (Å²) in [6.07, 6.45) is 0. The molecule has 0 spiro atoms. The second-order valence-corrected chi connectivity index (χ2v) is 6.45. The Morgan fingerprint density at radius 3 is 1.71 bits per heavy atom. The minimum Gasteiger partial charge on any atom is -0.388 e. The van der Waals surface area contributed by atoms with Gasteiger partial charge >= 0.3 is 0 Å². The lowest BCUT2D eigenvalue weighted by atomic mass is 9.60. The Bertz CT molecular complexity index is 979. The predicted octanol–water partition coefficient (Wildman–Crippen LogP) is 5.27. The Labute approximate surface area is 141 Å². The van der Waals surface area contributed by atoms with Crippen molar-refractivity contribution >= 4 is 11.4 Å². The fraction of sp³-hybridized carbons (Fsp3) is 0.136. The maximum atomic E-state index is 7.66. The highest BCUT2D eigenvalue weighted by Gasteiger charge is 2.43. The van der Waals surface area contributed by atoms with E-state index >= 15 is 0 Å². The van der Waals surface area contributed by atoms with Crippen molar-refractivity contribution in [2.45, 2.75) is 11.8 Å². The standard InChI is InChI=1S/C22H16N2/c1-23-17-11-12-18(24-2)22-20-15-9-5-3-7-13(15)19(21(17)22)14-8-4-6-10-16(14)20/h3-12,19-20,23H,1H3. The van der Waals surface area contributed by atoms with Gasteiger partial charge < -0.3 is 5.32 Å². The highest BCUT2D eigenvalue weighted by molar-refractivity contribution is 5.80. The molecule has 6 rings (SSSR count). The normalized spacial score (nSPS) is 19.0. The molecule has 2 nitrogen and oxygen atoms in total. The molecule has 0 heterocycles. The van der Waals surface area contributed by atoms with Gasteiger partial charge in [-0.15, -0.1) is 0 Å². The summed E-state index contributed by atoms with van der Waals surface area (Å²) in [6, 6.07) is 21.4. The van der Waals surface area contributed by atoms with Crippen molar-refractivity contribution in [2.75, 3.05) is 12.4 Å². The average molecular weight is 308 g/mol. The Balaban J connectivity index is 1.95. The van der Waals surface area contributed by atoms with E-state index in [2.05, 4.69) is 64.8 Å². The summed E-state index contributed by atoms with van der Waals surface area (Å²) in [7, 11) is 1.97. The number of anilines is 1. The SMILES string of the molecule is [C-]#[N+]c1ccc(NC)c2c1C1c3ccccc3C2c2ccccc21. The zero-order chi connectivity index (χ0) is 16.3. The lowest BCUT2D eigenvalue weighted by Gasteiger charge is -2.43. The van der Waals surface area contributed by atoms with Gasteiger partial charge in [0.15, 0.2) is 5.69 Å². The summed E-state index contributed by atoms with van der Waals surface area (Å²) < 4.78 is 0. The van der Waals surface area contributed by atoms with E-state index in [-0.39, 0.29) is 11.8 Å². The largest absolute Gasteiger partial charge is 0.388 e. The molecule has 0 atom stereocenters. The molecular formula is C22H16N2. The van der Waals surface area contributed by atoms with Gasteiger partial charge in [0.2, 0.25) is 0 Å². The van der Waals surface area contributed by atoms with Gasteiger partial charge in [-0.05, 0) is 39.4 Å². The van der Waals surface area contributed by atoms with E-state index in [1.807, 2.05) is 13.1 Å². The van der Waals surface area contributed by atoms with E-state index < -0.39 is 0 Å². The maximum absolute atomic E-state index is 7.66. The van der Waals surface area contributed by atoms with Crippen molar-refractivity contribution in [1.82, 2.24) is 0 Å². The summed E-state index contributed by atoms with van der Waals surface area (Å²) in [5, 5.41) is 3.35. The number of benzene rings is 3. The van der Waals surface area contributed by atoms with Crippen LogP contribution in [0, 0.1) is 6.57 Å². The third-order valence-corrected chi connectivity index (χ3v) is 5.47. The number of hydrogen-bond acceptors (Lipinski definition) is 1. The molecule has 0 aromatic heterocycles. The van der Waals surface area contributed by atoms with Gasteiger partial charge in [-0.2, -0.15) is 0 Å². The first-order valence-electron chi connectivity index (χ1n) is 8.24. The number of hydrogen-bond donors (Lipinski definition) is 1. The lowest BCUT2D eigenvalue weighted by molar-refractivity contribution is 0.759. The first-order valence-corrected chi connectivity index (χ1v) is 8.24. The summed E-state index contributed by atoms with van der Waals surface area (Å²) in [5.41, 5.74) is 9.87. The zero-order valence-corrected chi connectivity index (χ0v) is 13.4. The van der Waals surface area contributed by atoms with Crippen LogP contribution in [-0.4, -0.2) is 7.05 Å². The van der Waals surface area contributed by atoms with Gasteiger partial charge in [0.25, 0.3) is 0 Å². The molecule has 24 heavy (non-hydrogen) atoms. The molecule has 0 saturated carbocycles. The van der Waals surface area contributed by atoms with Crippen molar-refractivity contribution in [3.8, 4) is 0 Å². The van der Waals surface area contributed by atoms with E-state index in [1.54, 1.807) is 0 Å². The number of rotatable bonds is 1. The quantitative estimate of drug-likeness (QED) is 0.417. The fourth-order valence-electron chi connectivity index (χ4n) is 4.59. The summed E-state index contributed by atoms with van der Waals surface area (Å²) in [5.74, 6) is 0.372. The minimum absolute atomic E-state index is 0.162. The molecule has 3 aliphatic carbocycles. The molecule has 0 aliphatic heterocycles. The van der Waals surface area contributed by atoms with Gasteiger partial charge in [0.05, 0.1) is 6.57 Å². The molecule has 2 heteroatoms. The van der Waals surface area contributed by atoms with Crippen LogP contribution in [0.2, 0.25) is 0 Å². The average Bonchev–Trinajstić information content (AvgIpc) is 2.66. The number of nitrogens with one attached hydrogen (secondary N) is 1. The second-order valence-electron chi connectivity index (χ2n) is 6.45. The predicted molar refractivity (Wildman–Crippen MR) is 97.0 cm³/mol. The van der Waals surface area contributed by atoms with Crippen LogP contribution in [0.5, 0.6) is 0 Å². The van der Waals surface area contributed by atoms with E-state index in [9.17, 15) is 0 Å².